The summed E-state index contributed by atoms with van der Waals surface area (Å²) in [7, 11) is 0. The largest absolute Gasteiger partial charge is 0.390 e. The summed E-state index contributed by atoms with van der Waals surface area (Å²) in [5.74, 6) is 0. The summed E-state index contributed by atoms with van der Waals surface area (Å²) >= 11 is 0. The first kappa shape index (κ1) is 12.9. The van der Waals surface area contributed by atoms with Crippen molar-refractivity contribution in [3.8, 4) is 0 Å². The Morgan fingerprint density at radius 1 is 1.33 bits per heavy atom. The predicted octanol–water partition coefficient (Wildman–Crippen LogP) is 0.763. The molecule has 0 aromatic carbocycles. The maximum Gasteiger partial charge on any atom is 0.0814 e. The molecule has 1 atom stereocenters. The molecule has 1 fully saturated rings. The first-order valence-corrected chi connectivity index (χ1v) is 5.79. The van der Waals surface area contributed by atoms with E-state index in [9.17, 15) is 5.11 Å². The fraction of sp³-hybridized carbons (Fsp3) is 1.00. The smallest absolute Gasteiger partial charge is 0.0814 e. The van der Waals surface area contributed by atoms with Gasteiger partial charge in [0.15, 0.2) is 0 Å². The monoisotopic (exact) mass is 216 g/mol. The molecule has 4 heteroatoms. The molecule has 0 aromatic rings. The fourth-order valence-corrected chi connectivity index (χ4v) is 1.68. The van der Waals surface area contributed by atoms with Crippen molar-refractivity contribution in [2.75, 3.05) is 26.2 Å². The minimum atomic E-state index is -0.342. The van der Waals surface area contributed by atoms with Crippen molar-refractivity contribution in [1.82, 2.24) is 10.4 Å². The van der Waals surface area contributed by atoms with Crippen LogP contribution in [0.15, 0.2) is 0 Å². The van der Waals surface area contributed by atoms with Crippen LogP contribution < -0.4 is 5.48 Å². The molecule has 0 aromatic heterocycles. The summed E-state index contributed by atoms with van der Waals surface area (Å²) in [6.07, 6.45) is 2.18. The number of nitrogens with zero attached hydrogens (tertiary/aromatic N) is 1. The third-order valence-electron chi connectivity index (χ3n) is 2.36. The number of aliphatic hydroxyl groups excluding tert-OH is 1. The molecule has 0 aliphatic carbocycles. The van der Waals surface area contributed by atoms with Crippen LogP contribution >= 0.6 is 0 Å². The zero-order valence-corrected chi connectivity index (χ0v) is 10.1. The Bertz CT molecular complexity index is 174. The van der Waals surface area contributed by atoms with Crippen molar-refractivity contribution in [3.63, 3.8) is 0 Å². The maximum atomic E-state index is 9.72. The minimum Gasteiger partial charge on any atom is -0.390 e. The van der Waals surface area contributed by atoms with Gasteiger partial charge in [-0.1, -0.05) is 0 Å². The maximum absolute atomic E-state index is 9.72. The molecule has 1 heterocycles. The van der Waals surface area contributed by atoms with Crippen LogP contribution in [0.4, 0.5) is 0 Å². The molecule has 0 saturated carbocycles. The number of β-amino-alcohol motifs (C(OH)–C–C–N with tert-alkyl or cyclic N) is 1. The highest BCUT2D eigenvalue weighted by molar-refractivity contribution is 4.70. The number of nitrogens with one attached hydrogen (secondary N) is 1. The number of hydrogen-bond donors (Lipinski definition) is 2. The average Bonchev–Trinajstić information content (AvgIpc) is 2.54. The van der Waals surface area contributed by atoms with Crippen LogP contribution in [-0.2, 0) is 4.84 Å². The van der Waals surface area contributed by atoms with Gasteiger partial charge >= 0.3 is 0 Å². The van der Waals surface area contributed by atoms with Gasteiger partial charge in [0.25, 0.3) is 0 Å². The molecule has 2 N–H and O–H groups in total. The Balaban J connectivity index is 2.05. The standard InChI is InChI=1S/C11H24N2O2/c1-11(2,3)15-12-8-10(14)9-13-6-4-5-7-13/h10,12,14H,4-9H2,1-3H3. The van der Waals surface area contributed by atoms with E-state index in [1.165, 1.54) is 12.8 Å². The summed E-state index contributed by atoms with van der Waals surface area (Å²) in [4.78, 5) is 7.63. The van der Waals surface area contributed by atoms with Gasteiger partial charge in [0.2, 0.25) is 0 Å². The van der Waals surface area contributed by atoms with E-state index in [1.54, 1.807) is 0 Å². The van der Waals surface area contributed by atoms with Gasteiger partial charge in [-0.25, -0.2) is 0 Å². The minimum absolute atomic E-state index is 0.201. The van der Waals surface area contributed by atoms with Crippen molar-refractivity contribution >= 4 is 0 Å². The van der Waals surface area contributed by atoms with Crippen molar-refractivity contribution in [2.45, 2.75) is 45.3 Å². The van der Waals surface area contributed by atoms with E-state index in [-0.39, 0.29) is 11.7 Å². The normalized spacial score (nSPS) is 20.8. The molecule has 15 heavy (non-hydrogen) atoms. The first-order valence-electron chi connectivity index (χ1n) is 5.79. The van der Waals surface area contributed by atoms with E-state index in [0.717, 1.165) is 19.6 Å². The first-order chi connectivity index (χ1) is 6.97. The SMILES string of the molecule is CC(C)(C)ONCC(O)CN1CCCC1. The van der Waals surface area contributed by atoms with Gasteiger partial charge in [-0.3, -0.25) is 4.84 Å². The van der Waals surface area contributed by atoms with Gasteiger partial charge in [-0.05, 0) is 46.7 Å². The summed E-state index contributed by atoms with van der Waals surface area (Å²) in [6.45, 7) is 9.43. The Hall–Kier alpha value is -0.160. The highest BCUT2D eigenvalue weighted by Crippen LogP contribution is 2.07. The van der Waals surface area contributed by atoms with E-state index in [0.29, 0.717) is 6.54 Å². The van der Waals surface area contributed by atoms with Crippen molar-refractivity contribution in [1.29, 1.82) is 0 Å². The average molecular weight is 216 g/mol. The second-order valence-electron chi connectivity index (χ2n) is 5.22. The summed E-state index contributed by atoms with van der Waals surface area (Å²) < 4.78 is 0. The molecule has 0 amide bonds. The summed E-state index contributed by atoms with van der Waals surface area (Å²) in [5.41, 5.74) is 2.62. The Morgan fingerprint density at radius 2 is 1.93 bits per heavy atom. The van der Waals surface area contributed by atoms with Gasteiger partial charge in [0.1, 0.15) is 0 Å². The third kappa shape index (κ3) is 6.10. The second kappa shape index (κ2) is 5.80. The molecule has 1 unspecified atom stereocenters. The van der Waals surface area contributed by atoms with Crippen LogP contribution in [0.25, 0.3) is 0 Å². The summed E-state index contributed by atoms with van der Waals surface area (Å²) in [6, 6.07) is 0. The summed E-state index contributed by atoms with van der Waals surface area (Å²) in [5, 5.41) is 9.72. The second-order valence-corrected chi connectivity index (χ2v) is 5.22. The van der Waals surface area contributed by atoms with Gasteiger partial charge < -0.3 is 10.0 Å². The molecular weight excluding hydrogens is 192 g/mol. The molecule has 1 rings (SSSR count). The van der Waals surface area contributed by atoms with Gasteiger partial charge in [-0.15, -0.1) is 0 Å². The fourth-order valence-electron chi connectivity index (χ4n) is 1.68. The van der Waals surface area contributed by atoms with Crippen LogP contribution in [0.3, 0.4) is 0 Å². The van der Waals surface area contributed by atoms with Crippen molar-refractivity contribution < 1.29 is 9.94 Å². The Morgan fingerprint density at radius 3 is 2.47 bits per heavy atom. The lowest BCUT2D eigenvalue weighted by Crippen LogP contribution is -2.39. The highest BCUT2D eigenvalue weighted by atomic mass is 16.7. The van der Waals surface area contributed by atoms with Crippen LogP contribution in [0.5, 0.6) is 0 Å². The zero-order chi connectivity index (χ0) is 11.3. The molecule has 0 spiro atoms. The van der Waals surface area contributed by atoms with Gasteiger partial charge in [0, 0.05) is 13.1 Å². The number of hydrogen-bond acceptors (Lipinski definition) is 4. The lowest BCUT2D eigenvalue weighted by Gasteiger charge is -2.23. The molecular formula is C11H24N2O2. The van der Waals surface area contributed by atoms with E-state index < -0.39 is 0 Å². The quantitative estimate of drug-likeness (QED) is 0.666. The number of aliphatic hydroxyl groups is 1. The van der Waals surface area contributed by atoms with Crippen LogP contribution in [0, 0.1) is 0 Å². The van der Waals surface area contributed by atoms with E-state index in [4.69, 9.17) is 4.84 Å². The third-order valence-corrected chi connectivity index (χ3v) is 2.36. The van der Waals surface area contributed by atoms with Gasteiger partial charge in [-0.2, -0.15) is 5.48 Å². The molecule has 90 valence electrons. The molecule has 1 saturated heterocycles. The molecule has 0 bridgehead atoms. The van der Waals surface area contributed by atoms with Crippen LogP contribution in [0.2, 0.25) is 0 Å². The van der Waals surface area contributed by atoms with Gasteiger partial charge in [0.05, 0.1) is 11.7 Å². The molecule has 1 aliphatic rings. The number of likely N-dealkylation sites (tertiary alicyclic amines) is 1. The molecule has 0 radical (unpaired) electrons. The lowest BCUT2D eigenvalue weighted by atomic mass is 10.2. The van der Waals surface area contributed by atoms with Crippen LogP contribution in [-0.4, -0.2) is 47.9 Å². The van der Waals surface area contributed by atoms with E-state index >= 15 is 0 Å². The number of hydroxylamine groups is 1. The Kier molecular flexibility index (Phi) is 4.99. The zero-order valence-electron chi connectivity index (χ0n) is 10.1. The topological polar surface area (TPSA) is 44.7 Å². The van der Waals surface area contributed by atoms with Crippen LogP contribution in [0.1, 0.15) is 33.6 Å². The highest BCUT2D eigenvalue weighted by Gasteiger charge is 2.16. The van der Waals surface area contributed by atoms with E-state index in [1.807, 2.05) is 20.8 Å². The number of rotatable bonds is 5. The van der Waals surface area contributed by atoms with Crippen molar-refractivity contribution in [2.24, 2.45) is 0 Å². The van der Waals surface area contributed by atoms with Crippen molar-refractivity contribution in [3.05, 3.63) is 0 Å². The van der Waals surface area contributed by atoms with E-state index in [2.05, 4.69) is 10.4 Å². The molecule has 1 aliphatic heterocycles. The Labute approximate surface area is 92.6 Å². The molecule has 4 nitrogen and oxygen atoms in total. The lowest BCUT2D eigenvalue weighted by molar-refractivity contribution is -0.0846. The predicted molar refractivity (Wildman–Crippen MR) is 60.5 cm³/mol.